The Hall–Kier alpha value is -3.25. The van der Waals surface area contributed by atoms with Gasteiger partial charge < -0.3 is 4.90 Å². The van der Waals surface area contributed by atoms with Crippen LogP contribution in [-0.2, 0) is 9.59 Å². The lowest BCUT2D eigenvalue weighted by Gasteiger charge is -2.35. The average Bonchev–Trinajstić information content (AvgIpc) is 2.92. The minimum atomic E-state index is -1.07. The number of imide groups is 2. The summed E-state index contributed by atoms with van der Waals surface area (Å²) in [6.45, 7) is 2.92. The lowest BCUT2D eigenvalue weighted by Crippen LogP contribution is -2.54. The van der Waals surface area contributed by atoms with Crippen molar-refractivity contribution in [1.82, 2.24) is 15.1 Å². The Bertz CT molecular complexity index is 962. The van der Waals surface area contributed by atoms with Crippen LogP contribution in [0.3, 0.4) is 0 Å². The summed E-state index contributed by atoms with van der Waals surface area (Å²) < 4.78 is 14.8. The van der Waals surface area contributed by atoms with Gasteiger partial charge in [-0.15, -0.1) is 6.42 Å². The van der Waals surface area contributed by atoms with Gasteiger partial charge in [-0.2, -0.15) is 0 Å². The molecule has 3 heterocycles. The summed E-state index contributed by atoms with van der Waals surface area (Å²) in [7, 11) is 0. The van der Waals surface area contributed by atoms with E-state index < -0.39 is 35.5 Å². The van der Waals surface area contributed by atoms with Crippen LogP contribution >= 0.6 is 0 Å². The summed E-state index contributed by atoms with van der Waals surface area (Å²) in [6, 6.07) is 1.37. The largest absolute Gasteiger partial charge is 0.367 e. The van der Waals surface area contributed by atoms with Gasteiger partial charge in [-0.3, -0.25) is 34.3 Å². The number of fused-ring (bicyclic) bond motifs is 1. The van der Waals surface area contributed by atoms with Gasteiger partial charge in [0.05, 0.1) is 23.4 Å². The molecule has 1 aromatic rings. The van der Waals surface area contributed by atoms with Gasteiger partial charge in [0.25, 0.3) is 11.8 Å². The summed E-state index contributed by atoms with van der Waals surface area (Å²) in [4.78, 5) is 53.8. The molecule has 1 atom stereocenters. The second kappa shape index (κ2) is 7.29. The predicted molar refractivity (Wildman–Crippen MR) is 101 cm³/mol. The first-order chi connectivity index (χ1) is 13.9. The molecular formula is C20H19FN4O4. The van der Waals surface area contributed by atoms with Crippen molar-refractivity contribution in [2.45, 2.75) is 18.9 Å². The molecule has 0 bridgehead atoms. The molecule has 3 aliphatic heterocycles. The van der Waals surface area contributed by atoms with Gasteiger partial charge in [-0.25, -0.2) is 4.39 Å². The fourth-order valence-electron chi connectivity index (χ4n) is 4.00. The van der Waals surface area contributed by atoms with Crippen LogP contribution in [0, 0.1) is 18.2 Å². The number of piperazine rings is 1. The summed E-state index contributed by atoms with van der Waals surface area (Å²) in [5.41, 5.74) is 0.254. The molecule has 0 aliphatic carbocycles. The maximum atomic E-state index is 14.8. The number of piperidine rings is 1. The standard InChI is InChI=1S/C20H19FN4O4/c1-2-5-23-6-8-24(9-7-23)16-11-13-12(10-14(16)21)19(28)25(20(13)29)15-3-4-17(26)22-18(15)27/h1,10-11,15H,3-9H2,(H,22,26,27). The highest BCUT2D eigenvalue weighted by Gasteiger charge is 2.45. The number of carbonyl (C=O) groups is 4. The second-order valence-corrected chi connectivity index (χ2v) is 7.26. The van der Waals surface area contributed by atoms with Crippen LogP contribution in [0.15, 0.2) is 12.1 Å². The van der Waals surface area contributed by atoms with Crippen LogP contribution in [0.4, 0.5) is 10.1 Å². The summed E-state index contributed by atoms with van der Waals surface area (Å²) >= 11 is 0. The first-order valence-electron chi connectivity index (χ1n) is 9.36. The molecule has 2 fully saturated rings. The van der Waals surface area contributed by atoms with E-state index in [9.17, 15) is 23.6 Å². The van der Waals surface area contributed by atoms with Crippen LogP contribution in [0.2, 0.25) is 0 Å². The lowest BCUT2D eigenvalue weighted by molar-refractivity contribution is -0.136. The van der Waals surface area contributed by atoms with E-state index in [1.807, 2.05) is 4.90 Å². The molecule has 0 spiro atoms. The van der Waals surface area contributed by atoms with E-state index in [1.165, 1.54) is 6.07 Å². The number of amides is 4. The van der Waals surface area contributed by atoms with Crippen molar-refractivity contribution in [1.29, 1.82) is 0 Å². The fraction of sp³-hybridized carbons (Fsp3) is 0.400. The minimum absolute atomic E-state index is 0.0331. The quantitative estimate of drug-likeness (QED) is 0.569. The van der Waals surface area contributed by atoms with Crippen LogP contribution in [0.25, 0.3) is 0 Å². The zero-order valence-electron chi connectivity index (χ0n) is 15.6. The number of nitrogens with one attached hydrogen (secondary N) is 1. The molecule has 2 saturated heterocycles. The fourth-order valence-corrected chi connectivity index (χ4v) is 4.00. The van der Waals surface area contributed by atoms with Gasteiger partial charge in [-0.05, 0) is 18.6 Å². The van der Waals surface area contributed by atoms with Crippen molar-refractivity contribution in [2.75, 3.05) is 37.6 Å². The van der Waals surface area contributed by atoms with Crippen molar-refractivity contribution in [3.05, 3.63) is 29.1 Å². The minimum Gasteiger partial charge on any atom is -0.367 e. The Balaban J connectivity index is 1.59. The maximum absolute atomic E-state index is 14.8. The van der Waals surface area contributed by atoms with Gasteiger partial charge in [0.2, 0.25) is 11.8 Å². The number of benzene rings is 1. The van der Waals surface area contributed by atoms with Crippen molar-refractivity contribution in [3.8, 4) is 12.3 Å². The van der Waals surface area contributed by atoms with Gasteiger partial charge >= 0.3 is 0 Å². The molecule has 4 rings (SSSR count). The van der Waals surface area contributed by atoms with E-state index in [0.29, 0.717) is 32.7 Å². The highest BCUT2D eigenvalue weighted by molar-refractivity contribution is 6.23. The van der Waals surface area contributed by atoms with E-state index in [-0.39, 0.29) is 29.7 Å². The number of halogens is 1. The number of hydrogen-bond donors (Lipinski definition) is 1. The topological polar surface area (TPSA) is 90.0 Å². The Morgan fingerprint density at radius 2 is 1.72 bits per heavy atom. The van der Waals surface area contributed by atoms with E-state index in [1.54, 1.807) is 0 Å². The number of hydrogen-bond acceptors (Lipinski definition) is 6. The third-order valence-electron chi connectivity index (χ3n) is 5.54. The first kappa shape index (κ1) is 19.1. The third-order valence-corrected chi connectivity index (χ3v) is 5.54. The third kappa shape index (κ3) is 3.25. The number of carbonyl (C=O) groups excluding carboxylic acids is 4. The van der Waals surface area contributed by atoms with E-state index in [0.717, 1.165) is 11.0 Å². The Morgan fingerprint density at radius 1 is 1.07 bits per heavy atom. The number of nitrogens with zero attached hydrogens (tertiary/aromatic N) is 3. The van der Waals surface area contributed by atoms with Crippen LogP contribution in [-0.4, -0.2) is 72.2 Å². The van der Waals surface area contributed by atoms with E-state index in [4.69, 9.17) is 6.42 Å². The molecule has 4 amide bonds. The van der Waals surface area contributed by atoms with Crippen molar-refractivity contribution in [2.24, 2.45) is 0 Å². The first-order valence-corrected chi connectivity index (χ1v) is 9.36. The molecule has 8 nitrogen and oxygen atoms in total. The predicted octanol–water partition coefficient (Wildman–Crippen LogP) is -0.0179. The molecule has 3 aliphatic rings. The number of terminal acetylenes is 1. The van der Waals surface area contributed by atoms with Gasteiger partial charge in [-0.1, -0.05) is 5.92 Å². The summed E-state index contributed by atoms with van der Waals surface area (Å²) in [5.74, 6) is -0.518. The summed E-state index contributed by atoms with van der Waals surface area (Å²) in [5, 5.41) is 2.14. The monoisotopic (exact) mass is 398 g/mol. The van der Waals surface area contributed by atoms with Crippen molar-refractivity contribution in [3.63, 3.8) is 0 Å². The SMILES string of the molecule is C#CCN1CCN(c2cc3c(cc2F)C(=O)N(C2CCC(=O)NC2=O)C3=O)CC1. The molecule has 0 radical (unpaired) electrons. The highest BCUT2D eigenvalue weighted by atomic mass is 19.1. The molecule has 29 heavy (non-hydrogen) atoms. The van der Waals surface area contributed by atoms with Crippen molar-refractivity contribution < 1.29 is 23.6 Å². The molecule has 0 saturated carbocycles. The zero-order chi connectivity index (χ0) is 20.7. The molecule has 1 aromatic carbocycles. The molecule has 150 valence electrons. The van der Waals surface area contributed by atoms with Gasteiger partial charge in [0.1, 0.15) is 11.9 Å². The van der Waals surface area contributed by atoms with Crippen LogP contribution in [0.1, 0.15) is 33.6 Å². The Kier molecular flexibility index (Phi) is 4.80. The lowest BCUT2D eigenvalue weighted by atomic mass is 10.0. The molecule has 9 heteroatoms. The molecule has 0 aromatic heterocycles. The number of anilines is 1. The summed E-state index contributed by atoms with van der Waals surface area (Å²) in [6.07, 6.45) is 5.42. The second-order valence-electron chi connectivity index (χ2n) is 7.26. The molecular weight excluding hydrogens is 379 g/mol. The zero-order valence-corrected chi connectivity index (χ0v) is 15.6. The Morgan fingerprint density at radius 3 is 2.34 bits per heavy atom. The highest BCUT2D eigenvalue weighted by Crippen LogP contribution is 2.33. The normalized spacial score (nSPS) is 22.6. The molecule has 1 unspecified atom stereocenters. The average molecular weight is 398 g/mol. The smallest absolute Gasteiger partial charge is 0.262 e. The van der Waals surface area contributed by atoms with Crippen LogP contribution in [0.5, 0.6) is 0 Å². The van der Waals surface area contributed by atoms with E-state index >= 15 is 0 Å². The van der Waals surface area contributed by atoms with Gasteiger partial charge in [0.15, 0.2) is 0 Å². The Labute approximate surface area is 166 Å². The van der Waals surface area contributed by atoms with Crippen molar-refractivity contribution >= 4 is 29.3 Å². The maximum Gasteiger partial charge on any atom is 0.262 e. The van der Waals surface area contributed by atoms with Crippen LogP contribution < -0.4 is 10.2 Å². The number of rotatable bonds is 3. The van der Waals surface area contributed by atoms with Gasteiger partial charge in [0, 0.05) is 32.6 Å². The molecule has 1 N–H and O–H groups in total. The van der Waals surface area contributed by atoms with E-state index in [2.05, 4.69) is 16.1 Å².